The summed E-state index contributed by atoms with van der Waals surface area (Å²) in [5.74, 6) is -1.42. The molecule has 0 aliphatic carbocycles. The van der Waals surface area contributed by atoms with Crippen molar-refractivity contribution in [3.05, 3.63) is 33.9 Å². The molecule has 0 unspecified atom stereocenters. The number of phenolic OH excluding ortho intramolecular Hbond substituents is 1. The first kappa shape index (κ1) is 17.8. The van der Waals surface area contributed by atoms with E-state index in [9.17, 15) is 19.8 Å². The Hall–Kier alpha value is -2.54. The summed E-state index contributed by atoms with van der Waals surface area (Å²) in [5, 5.41) is 28.8. The maximum absolute atomic E-state index is 11.8. The quantitative estimate of drug-likeness (QED) is 0.515. The van der Waals surface area contributed by atoms with E-state index in [4.69, 9.17) is 14.6 Å². The largest absolute Gasteiger partial charge is 0.507 e. The van der Waals surface area contributed by atoms with E-state index in [1.165, 1.54) is 7.11 Å². The number of hydrogen-bond donors (Lipinski definition) is 3. The Labute approximate surface area is 139 Å². The fourth-order valence-corrected chi connectivity index (χ4v) is 2.75. The molecule has 1 aliphatic heterocycles. The highest BCUT2D eigenvalue weighted by molar-refractivity contribution is 5.98. The number of aromatic hydroxyl groups is 1. The van der Waals surface area contributed by atoms with Gasteiger partial charge in [0.25, 0.3) is 0 Å². The van der Waals surface area contributed by atoms with Crippen LogP contribution < -0.4 is 4.74 Å². The van der Waals surface area contributed by atoms with Gasteiger partial charge in [0, 0.05) is 23.1 Å². The number of aliphatic hydroxyl groups excluding tert-OH is 1. The summed E-state index contributed by atoms with van der Waals surface area (Å²) in [7, 11) is 1.42. The third-order valence-corrected chi connectivity index (χ3v) is 4.04. The second-order valence-corrected chi connectivity index (χ2v) is 5.58. The number of fused-ring (bicyclic) bond motifs is 1. The Morgan fingerprint density at radius 1 is 1.33 bits per heavy atom. The average molecular weight is 336 g/mol. The van der Waals surface area contributed by atoms with Gasteiger partial charge in [-0.3, -0.25) is 4.79 Å². The van der Waals surface area contributed by atoms with Crippen molar-refractivity contribution in [2.75, 3.05) is 7.11 Å². The zero-order valence-electron chi connectivity index (χ0n) is 13.6. The van der Waals surface area contributed by atoms with E-state index in [0.29, 0.717) is 28.9 Å². The molecule has 1 heterocycles. The lowest BCUT2D eigenvalue weighted by molar-refractivity contribution is -0.136. The van der Waals surface area contributed by atoms with Gasteiger partial charge < -0.3 is 24.8 Å². The number of carbonyl (C=O) groups is 2. The second-order valence-electron chi connectivity index (χ2n) is 5.58. The molecular weight excluding hydrogens is 316 g/mol. The molecule has 2 rings (SSSR count). The number of aliphatic carboxylic acids is 1. The highest BCUT2D eigenvalue weighted by Crippen LogP contribution is 2.42. The van der Waals surface area contributed by atoms with Crippen molar-refractivity contribution in [1.29, 1.82) is 0 Å². The van der Waals surface area contributed by atoms with Crippen molar-refractivity contribution in [2.45, 2.75) is 39.4 Å². The zero-order chi connectivity index (χ0) is 17.9. The van der Waals surface area contributed by atoms with Crippen LogP contribution in [-0.4, -0.2) is 34.4 Å². The number of aliphatic hydroxyl groups is 1. The number of hydrogen-bond acceptors (Lipinski definition) is 6. The van der Waals surface area contributed by atoms with Gasteiger partial charge in [0.05, 0.1) is 13.7 Å². The number of carboxylic acid groups (broad SMARTS) is 1. The van der Waals surface area contributed by atoms with Crippen LogP contribution in [0.25, 0.3) is 0 Å². The molecule has 0 bridgehead atoms. The van der Waals surface area contributed by atoms with Crippen LogP contribution in [0.2, 0.25) is 0 Å². The van der Waals surface area contributed by atoms with E-state index < -0.39 is 11.9 Å². The topological polar surface area (TPSA) is 113 Å². The predicted molar refractivity (Wildman–Crippen MR) is 84.0 cm³/mol. The van der Waals surface area contributed by atoms with Gasteiger partial charge in [0.2, 0.25) is 0 Å². The maximum atomic E-state index is 11.8. The third-order valence-electron chi connectivity index (χ3n) is 4.04. The standard InChI is InChI=1S/C17H20O7/c1-9(4-6-13(19)20)3-5-10-15(21)14-12(8-24-17(14)22)11(7-18)16(10)23-2/h3,18,21H,4-8H2,1-2H3,(H,19,20)/b9-3+. The molecule has 0 radical (unpaired) electrons. The number of benzene rings is 1. The number of phenols is 1. The number of carbonyl (C=O) groups excluding carboxylic acids is 1. The minimum atomic E-state index is -0.883. The summed E-state index contributed by atoms with van der Waals surface area (Å²) < 4.78 is 10.3. The highest BCUT2D eigenvalue weighted by atomic mass is 16.5. The van der Waals surface area contributed by atoms with E-state index in [0.717, 1.165) is 5.57 Å². The van der Waals surface area contributed by atoms with Crippen molar-refractivity contribution >= 4 is 11.9 Å². The molecule has 24 heavy (non-hydrogen) atoms. The van der Waals surface area contributed by atoms with Gasteiger partial charge in [-0.05, 0) is 19.8 Å². The Kier molecular flexibility index (Phi) is 5.46. The molecule has 1 aliphatic rings. The third kappa shape index (κ3) is 3.35. The van der Waals surface area contributed by atoms with E-state index in [1.54, 1.807) is 13.0 Å². The van der Waals surface area contributed by atoms with Crippen LogP contribution in [-0.2, 0) is 29.2 Å². The molecule has 0 atom stereocenters. The molecule has 3 N–H and O–H groups in total. The smallest absolute Gasteiger partial charge is 0.342 e. The van der Waals surface area contributed by atoms with Gasteiger partial charge in [-0.2, -0.15) is 0 Å². The van der Waals surface area contributed by atoms with Crippen LogP contribution in [0.5, 0.6) is 11.5 Å². The minimum absolute atomic E-state index is 0.0122. The van der Waals surface area contributed by atoms with Gasteiger partial charge in [0.1, 0.15) is 23.7 Å². The number of allylic oxidation sites excluding steroid dienone is 2. The molecule has 0 fully saturated rings. The summed E-state index contributed by atoms with van der Waals surface area (Å²) >= 11 is 0. The van der Waals surface area contributed by atoms with Crippen LogP contribution in [0.1, 0.15) is 46.8 Å². The number of cyclic esters (lactones) is 1. The average Bonchev–Trinajstić information content (AvgIpc) is 2.93. The lowest BCUT2D eigenvalue weighted by Crippen LogP contribution is -2.05. The molecule has 0 saturated carbocycles. The van der Waals surface area contributed by atoms with Crippen LogP contribution in [0.3, 0.4) is 0 Å². The van der Waals surface area contributed by atoms with E-state index in [1.807, 2.05) is 0 Å². The number of ether oxygens (including phenoxy) is 2. The summed E-state index contributed by atoms with van der Waals surface area (Å²) in [5.41, 5.74) is 2.13. The Morgan fingerprint density at radius 3 is 2.62 bits per heavy atom. The normalized spacial score (nSPS) is 13.6. The maximum Gasteiger partial charge on any atom is 0.342 e. The molecule has 0 aromatic heterocycles. The highest BCUT2D eigenvalue weighted by Gasteiger charge is 2.33. The molecule has 130 valence electrons. The monoisotopic (exact) mass is 336 g/mol. The number of rotatable bonds is 7. The molecule has 1 aromatic rings. The first-order chi connectivity index (χ1) is 11.4. The fraction of sp³-hybridized carbons (Fsp3) is 0.412. The number of carboxylic acids is 1. The Morgan fingerprint density at radius 2 is 2.04 bits per heavy atom. The second kappa shape index (κ2) is 7.35. The van der Waals surface area contributed by atoms with Gasteiger partial charge in [0.15, 0.2) is 0 Å². The summed E-state index contributed by atoms with van der Waals surface area (Å²) in [4.78, 5) is 22.5. The molecular formula is C17H20O7. The van der Waals surface area contributed by atoms with Crippen LogP contribution in [0.15, 0.2) is 11.6 Å². The van der Waals surface area contributed by atoms with Crippen molar-refractivity contribution in [3.8, 4) is 11.5 Å². The predicted octanol–water partition coefficient (Wildman–Crippen LogP) is 1.92. The molecule has 0 spiro atoms. The van der Waals surface area contributed by atoms with Crippen LogP contribution >= 0.6 is 0 Å². The van der Waals surface area contributed by atoms with Crippen molar-refractivity contribution in [2.24, 2.45) is 0 Å². The van der Waals surface area contributed by atoms with E-state index in [2.05, 4.69) is 0 Å². The first-order valence-corrected chi connectivity index (χ1v) is 7.49. The Balaban J connectivity index is 2.42. The molecule has 7 heteroatoms. The van der Waals surface area contributed by atoms with Crippen LogP contribution in [0, 0.1) is 0 Å². The molecule has 1 aromatic carbocycles. The minimum Gasteiger partial charge on any atom is -0.507 e. The zero-order valence-corrected chi connectivity index (χ0v) is 13.6. The number of esters is 1. The van der Waals surface area contributed by atoms with Crippen molar-refractivity contribution in [3.63, 3.8) is 0 Å². The molecule has 0 saturated heterocycles. The van der Waals surface area contributed by atoms with Gasteiger partial charge in [-0.15, -0.1) is 0 Å². The van der Waals surface area contributed by atoms with E-state index >= 15 is 0 Å². The fourth-order valence-electron chi connectivity index (χ4n) is 2.75. The molecule has 0 amide bonds. The summed E-state index contributed by atoms with van der Waals surface area (Å²) in [6.45, 7) is 1.43. The SMILES string of the molecule is COc1c(C/C=C(\C)CCC(=O)O)c(O)c2c(c1CO)COC2=O. The summed E-state index contributed by atoms with van der Waals surface area (Å²) in [6.07, 6.45) is 2.42. The summed E-state index contributed by atoms with van der Waals surface area (Å²) in [6, 6.07) is 0. The lowest BCUT2D eigenvalue weighted by atomic mass is 9.94. The van der Waals surface area contributed by atoms with Gasteiger partial charge in [-0.25, -0.2) is 4.79 Å². The lowest BCUT2D eigenvalue weighted by Gasteiger charge is -2.16. The van der Waals surface area contributed by atoms with Crippen molar-refractivity contribution in [1.82, 2.24) is 0 Å². The van der Waals surface area contributed by atoms with Crippen molar-refractivity contribution < 1.29 is 34.4 Å². The van der Waals surface area contributed by atoms with Crippen LogP contribution in [0.4, 0.5) is 0 Å². The first-order valence-electron chi connectivity index (χ1n) is 7.49. The van der Waals surface area contributed by atoms with Gasteiger partial charge in [-0.1, -0.05) is 11.6 Å². The number of methoxy groups -OCH3 is 1. The van der Waals surface area contributed by atoms with Gasteiger partial charge >= 0.3 is 11.9 Å². The molecule has 7 nitrogen and oxygen atoms in total. The Bertz CT molecular complexity index is 704. The van der Waals surface area contributed by atoms with E-state index in [-0.39, 0.29) is 37.4 Å².